The van der Waals surface area contributed by atoms with Gasteiger partial charge in [0.05, 0.1) is 0 Å². The molecule has 0 aliphatic heterocycles. The maximum absolute atomic E-state index is 12.0. The lowest BCUT2D eigenvalue weighted by Gasteiger charge is -1.96. The van der Waals surface area contributed by atoms with Crippen molar-refractivity contribution in [2.45, 2.75) is 6.67 Å². The minimum atomic E-state index is -0.578. The Labute approximate surface area is 71.4 Å². The monoisotopic (exact) mass is 223 g/mol. The number of pyridine rings is 1. The molecule has 0 radical (unpaired) electrons. The summed E-state index contributed by atoms with van der Waals surface area (Å²) in [5.74, 6) is 0. The highest BCUT2D eigenvalue weighted by molar-refractivity contribution is 9.10. The van der Waals surface area contributed by atoms with E-state index in [4.69, 9.17) is 11.6 Å². The minimum Gasteiger partial charge on any atom is -0.246 e. The first-order chi connectivity index (χ1) is 4.74. The molecule has 1 nitrogen and oxygen atoms in total. The van der Waals surface area contributed by atoms with E-state index in [1.807, 2.05) is 0 Å². The van der Waals surface area contributed by atoms with Crippen LogP contribution in [0.25, 0.3) is 0 Å². The fraction of sp³-hybridized carbons (Fsp3) is 0.167. The third kappa shape index (κ3) is 1.67. The number of hydrogen-bond donors (Lipinski definition) is 0. The van der Waals surface area contributed by atoms with Gasteiger partial charge >= 0.3 is 0 Å². The van der Waals surface area contributed by atoms with Crippen LogP contribution >= 0.6 is 27.5 Å². The summed E-state index contributed by atoms with van der Waals surface area (Å²) in [6.45, 7) is -0.578. The highest BCUT2D eigenvalue weighted by atomic mass is 79.9. The average Bonchev–Trinajstić information content (AvgIpc) is 1.94. The maximum Gasteiger partial charge on any atom is 0.134 e. The van der Waals surface area contributed by atoms with Crippen molar-refractivity contribution in [3.8, 4) is 0 Å². The van der Waals surface area contributed by atoms with Gasteiger partial charge in [0.1, 0.15) is 11.8 Å². The van der Waals surface area contributed by atoms with Crippen LogP contribution in [0.1, 0.15) is 5.56 Å². The van der Waals surface area contributed by atoms with Crippen molar-refractivity contribution in [2.24, 2.45) is 0 Å². The SMILES string of the molecule is FCc1cc(Br)cnc1Cl. The van der Waals surface area contributed by atoms with Crippen molar-refractivity contribution in [3.63, 3.8) is 0 Å². The van der Waals surface area contributed by atoms with E-state index in [2.05, 4.69) is 20.9 Å². The zero-order valence-electron chi connectivity index (χ0n) is 4.94. The van der Waals surface area contributed by atoms with Gasteiger partial charge in [0.25, 0.3) is 0 Å². The van der Waals surface area contributed by atoms with Crippen molar-refractivity contribution in [2.75, 3.05) is 0 Å². The van der Waals surface area contributed by atoms with Crippen LogP contribution in [0.3, 0.4) is 0 Å². The van der Waals surface area contributed by atoms with Crippen molar-refractivity contribution < 1.29 is 4.39 Å². The highest BCUT2D eigenvalue weighted by Gasteiger charge is 2.00. The Kier molecular flexibility index (Phi) is 2.63. The Morgan fingerprint density at radius 3 is 2.90 bits per heavy atom. The molecule has 1 aromatic rings. The summed E-state index contributed by atoms with van der Waals surface area (Å²) in [6, 6.07) is 1.61. The zero-order chi connectivity index (χ0) is 7.56. The Morgan fingerprint density at radius 1 is 1.70 bits per heavy atom. The maximum atomic E-state index is 12.0. The zero-order valence-corrected chi connectivity index (χ0v) is 7.28. The first kappa shape index (κ1) is 7.95. The summed E-state index contributed by atoms with van der Waals surface area (Å²) in [5.41, 5.74) is 0.413. The third-order valence-corrected chi connectivity index (χ3v) is 1.80. The summed E-state index contributed by atoms with van der Waals surface area (Å²) < 4.78 is 12.8. The molecule has 0 bridgehead atoms. The van der Waals surface area contributed by atoms with Crippen molar-refractivity contribution >= 4 is 27.5 Å². The molecule has 0 amide bonds. The second-order valence-electron chi connectivity index (χ2n) is 1.74. The normalized spacial score (nSPS) is 9.90. The van der Waals surface area contributed by atoms with Gasteiger partial charge in [-0.3, -0.25) is 0 Å². The smallest absolute Gasteiger partial charge is 0.134 e. The third-order valence-electron chi connectivity index (χ3n) is 1.02. The largest absolute Gasteiger partial charge is 0.246 e. The van der Waals surface area contributed by atoms with Crippen LogP contribution in [0, 0.1) is 0 Å². The molecular formula is C6H4BrClFN. The van der Waals surface area contributed by atoms with Gasteiger partial charge < -0.3 is 0 Å². The molecule has 0 N–H and O–H groups in total. The average molecular weight is 224 g/mol. The number of rotatable bonds is 1. The van der Waals surface area contributed by atoms with Gasteiger partial charge in [-0.1, -0.05) is 11.6 Å². The molecule has 0 saturated heterocycles. The molecule has 1 aromatic heterocycles. The molecule has 0 atom stereocenters. The van der Waals surface area contributed by atoms with E-state index in [-0.39, 0.29) is 5.15 Å². The standard InChI is InChI=1S/C6H4BrClFN/c7-5-1-4(2-9)6(8)10-3-5/h1,3H,2H2. The van der Waals surface area contributed by atoms with Crippen LogP contribution in [0.4, 0.5) is 4.39 Å². The summed E-state index contributed by atoms with van der Waals surface area (Å²) in [4.78, 5) is 3.73. The van der Waals surface area contributed by atoms with Gasteiger partial charge in [-0.2, -0.15) is 0 Å². The molecular weight excluding hydrogens is 220 g/mol. The fourth-order valence-corrected chi connectivity index (χ4v) is 1.09. The van der Waals surface area contributed by atoms with E-state index in [0.717, 1.165) is 4.47 Å². The molecule has 4 heteroatoms. The fourth-order valence-electron chi connectivity index (χ4n) is 0.558. The van der Waals surface area contributed by atoms with E-state index < -0.39 is 6.67 Å². The van der Waals surface area contributed by atoms with Crippen LogP contribution in [-0.2, 0) is 6.67 Å². The highest BCUT2D eigenvalue weighted by Crippen LogP contribution is 2.18. The lowest BCUT2D eigenvalue weighted by Crippen LogP contribution is -1.84. The van der Waals surface area contributed by atoms with Crippen LogP contribution in [0.5, 0.6) is 0 Å². The molecule has 1 rings (SSSR count). The topological polar surface area (TPSA) is 12.9 Å². The van der Waals surface area contributed by atoms with Gasteiger partial charge in [0.15, 0.2) is 0 Å². The number of nitrogens with zero attached hydrogens (tertiary/aromatic N) is 1. The Morgan fingerprint density at radius 2 is 2.40 bits per heavy atom. The van der Waals surface area contributed by atoms with E-state index in [0.29, 0.717) is 5.56 Å². The van der Waals surface area contributed by atoms with E-state index >= 15 is 0 Å². The van der Waals surface area contributed by atoms with Gasteiger partial charge in [-0.25, -0.2) is 9.37 Å². The lowest BCUT2D eigenvalue weighted by atomic mass is 10.3. The van der Waals surface area contributed by atoms with E-state index in [1.54, 1.807) is 6.07 Å². The summed E-state index contributed by atoms with van der Waals surface area (Å²) in [5, 5.41) is 0.228. The lowest BCUT2D eigenvalue weighted by molar-refractivity contribution is 0.484. The van der Waals surface area contributed by atoms with Crippen LogP contribution in [0.2, 0.25) is 5.15 Å². The van der Waals surface area contributed by atoms with Gasteiger partial charge in [-0.15, -0.1) is 0 Å². The van der Waals surface area contributed by atoms with Crippen molar-refractivity contribution in [3.05, 3.63) is 27.5 Å². The number of halogens is 3. The van der Waals surface area contributed by atoms with Gasteiger partial charge in [0.2, 0.25) is 0 Å². The molecule has 1 heterocycles. The van der Waals surface area contributed by atoms with Crippen LogP contribution < -0.4 is 0 Å². The summed E-state index contributed by atoms with van der Waals surface area (Å²) in [7, 11) is 0. The molecule has 0 unspecified atom stereocenters. The Balaban J connectivity index is 3.09. The second-order valence-corrected chi connectivity index (χ2v) is 3.01. The van der Waals surface area contributed by atoms with Crippen molar-refractivity contribution in [1.82, 2.24) is 4.98 Å². The molecule has 54 valence electrons. The first-order valence-corrected chi connectivity index (χ1v) is 3.77. The van der Waals surface area contributed by atoms with E-state index in [1.165, 1.54) is 6.20 Å². The molecule has 0 fully saturated rings. The first-order valence-electron chi connectivity index (χ1n) is 2.60. The van der Waals surface area contributed by atoms with Crippen molar-refractivity contribution in [1.29, 1.82) is 0 Å². The van der Waals surface area contributed by atoms with Crippen LogP contribution in [0.15, 0.2) is 16.7 Å². The molecule has 0 aromatic carbocycles. The van der Waals surface area contributed by atoms with Gasteiger partial charge in [0, 0.05) is 16.2 Å². The molecule has 0 aliphatic rings. The summed E-state index contributed by atoms with van der Waals surface area (Å²) in [6.07, 6.45) is 1.53. The number of alkyl halides is 1. The predicted molar refractivity (Wildman–Crippen MR) is 41.8 cm³/mol. The second kappa shape index (κ2) is 3.30. The van der Waals surface area contributed by atoms with Crippen LogP contribution in [-0.4, -0.2) is 4.98 Å². The summed E-state index contributed by atoms with van der Waals surface area (Å²) >= 11 is 8.67. The number of aromatic nitrogens is 1. The molecule has 0 spiro atoms. The molecule has 10 heavy (non-hydrogen) atoms. The van der Waals surface area contributed by atoms with Gasteiger partial charge in [-0.05, 0) is 22.0 Å². The van der Waals surface area contributed by atoms with E-state index in [9.17, 15) is 4.39 Å². The predicted octanol–water partition coefficient (Wildman–Crippen LogP) is 2.97. The Bertz CT molecular complexity index is 241. The molecule has 0 saturated carbocycles. The Hall–Kier alpha value is -0.150. The molecule has 0 aliphatic carbocycles. The number of hydrogen-bond acceptors (Lipinski definition) is 1. The minimum absolute atomic E-state index is 0.228. The quantitative estimate of drug-likeness (QED) is 0.668.